The molecule has 2 bridgehead atoms. The van der Waals surface area contributed by atoms with Crippen LogP contribution in [0.15, 0.2) is 72.8 Å². The molecule has 0 aliphatic carbocycles. The summed E-state index contributed by atoms with van der Waals surface area (Å²) in [6, 6.07) is 21.3. The van der Waals surface area contributed by atoms with Crippen LogP contribution in [0.1, 0.15) is 22.4 Å². The molecule has 202 valence electrons. The van der Waals surface area contributed by atoms with Crippen molar-refractivity contribution in [3.8, 4) is 5.75 Å². The van der Waals surface area contributed by atoms with Gasteiger partial charge in [-0.05, 0) is 53.4 Å². The van der Waals surface area contributed by atoms with E-state index in [1.165, 1.54) is 4.90 Å². The normalized spacial score (nSPS) is 17.5. The number of carbonyl (C=O) groups is 2. The molecule has 1 aliphatic heterocycles. The first-order valence-electron chi connectivity index (χ1n) is 12.8. The smallest absolute Gasteiger partial charge is 0.249 e. The van der Waals surface area contributed by atoms with Crippen molar-refractivity contribution in [2.24, 2.45) is 0 Å². The first-order valence-corrected chi connectivity index (χ1v) is 14.6. The summed E-state index contributed by atoms with van der Waals surface area (Å²) in [6.07, 6.45) is 0.583. The van der Waals surface area contributed by atoms with Crippen LogP contribution in [-0.2, 0) is 44.4 Å². The van der Waals surface area contributed by atoms with Gasteiger partial charge in [0, 0.05) is 35.8 Å². The number of aryl methyl sites for hydroxylation is 1. The molecule has 8 nitrogen and oxygen atoms in total. The molecule has 0 saturated heterocycles. The zero-order valence-corrected chi connectivity index (χ0v) is 22.8. The van der Waals surface area contributed by atoms with Gasteiger partial charge >= 0.3 is 0 Å². The van der Waals surface area contributed by atoms with E-state index in [-0.39, 0.29) is 36.2 Å². The maximum absolute atomic E-state index is 13.7. The number of methoxy groups -OCH3 is 1. The number of fused-ring (bicyclic) bond motifs is 5. The second-order valence-corrected chi connectivity index (χ2v) is 12.1. The number of likely N-dealkylation sites (N-methyl/N-ethyl adjacent to an activating group) is 1. The number of carbonyl (C=O) groups excluding carboxylic acids is 2. The molecule has 0 spiro atoms. The zero-order chi connectivity index (χ0) is 27.6. The molecule has 2 amide bonds. The van der Waals surface area contributed by atoms with Gasteiger partial charge in [0.05, 0.1) is 25.0 Å². The fourth-order valence-electron chi connectivity index (χ4n) is 5.07. The Morgan fingerprint density at radius 3 is 2.51 bits per heavy atom. The molecule has 1 atom stereocenters. The summed E-state index contributed by atoms with van der Waals surface area (Å²) in [5.74, 6) is -0.132. The molecule has 0 unspecified atom stereocenters. The van der Waals surface area contributed by atoms with Crippen LogP contribution in [0.25, 0.3) is 10.9 Å². The predicted octanol–water partition coefficient (Wildman–Crippen LogP) is 3.58. The molecule has 39 heavy (non-hydrogen) atoms. The van der Waals surface area contributed by atoms with E-state index in [2.05, 4.69) is 10.3 Å². The van der Waals surface area contributed by atoms with Crippen molar-refractivity contribution < 1.29 is 22.7 Å². The summed E-state index contributed by atoms with van der Waals surface area (Å²) < 4.78 is 31.4. The van der Waals surface area contributed by atoms with Gasteiger partial charge in [-0.3, -0.25) is 9.59 Å². The lowest BCUT2D eigenvalue weighted by Gasteiger charge is -2.25. The van der Waals surface area contributed by atoms with E-state index in [0.717, 1.165) is 22.0 Å². The highest BCUT2D eigenvalue weighted by Gasteiger charge is 2.27. The molecule has 2 heterocycles. The number of ether oxygens (including phenoxy) is 1. The Balaban J connectivity index is 1.52. The third-order valence-corrected chi connectivity index (χ3v) is 8.71. The Kier molecular flexibility index (Phi) is 7.43. The van der Waals surface area contributed by atoms with Gasteiger partial charge in [-0.2, -0.15) is 0 Å². The van der Waals surface area contributed by atoms with Crippen molar-refractivity contribution >= 4 is 38.2 Å². The van der Waals surface area contributed by atoms with E-state index in [1.54, 1.807) is 38.4 Å². The average molecular weight is 546 g/mol. The van der Waals surface area contributed by atoms with Crippen LogP contribution in [0, 0.1) is 0 Å². The standard InChI is InChI=1S/C30H31N3O5S/c1-33(22-10-12-23(38-2)13-11-22)30(35)27-17-21-7-5-6-20(16-21)14-15-39(36,37)19-28-25(18-29(34)32-27)24-8-3-4-9-26(24)31-28/h3-13,16,27,31H,14-15,17-19H2,1-2H3,(H,32,34)/t27-/m0/s1. The quantitative estimate of drug-likeness (QED) is 0.409. The summed E-state index contributed by atoms with van der Waals surface area (Å²) in [5.41, 5.74) is 4.30. The van der Waals surface area contributed by atoms with Crippen molar-refractivity contribution in [2.75, 3.05) is 24.8 Å². The lowest BCUT2D eigenvalue weighted by Crippen LogP contribution is -2.49. The van der Waals surface area contributed by atoms with Gasteiger partial charge in [0.15, 0.2) is 9.84 Å². The van der Waals surface area contributed by atoms with E-state index < -0.39 is 15.9 Å². The maximum atomic E-state index is 13.7. The minimum Gasteiger partial charge on any atom is -0.497 e. The van der Waals surface area contributed by atoms with E-state index in [9.17, 15) is 18.0 Å². The third-order valence-electron chi connectivity index (χ3n) is 7.16. The molecule has 0 saturated carbocycles. The van der Waals surface area contributed by atoms with Crippen LogP contribution in [0.2, 0.25) is 0 Å². The fourth-order valence-corrected chi connectivity index (χ4v) is 6.44. The van der Waals surface area contributed by atoms with Crippen LogP contribution < -0.4 is 15.0 Å². The Morgan fingerprint density at radius 2 is 1.74 bits per heavy atom. The minimum absolute atomic E-state index is 0.0139. The number of nitrogens with zero attached hydrogens (tertiary/aromatic N) is 1. The van der Waals surface area contributed by atoms with E-state index in [1.807, 2.05) is 48.5 Å². The van der Waals surface area contributed by atoms with Gasteiger partial charge in [-0.25, -0.2) is 8.42 Å². The molecular formula is C30H31N3O5S. The van der Waals surface area contributed by atoms with Gasteiger partial charge in [-0.1, -0.05) is 42.5 Å². The number of H-pyrrole nitrogens is 1. The first kappa shape index (κ1) is 26.5. The molecule has 5 rings (SSSR count). The lowest BCUT2D eigenvalue weighted by atomic mass is 10.0. The van der Waals surface area contributed by atoms with Crippen molar-refractivity contribution in [1.29, 1.82) is 0 Å². The number of sulfone groups is 1. The van der Waals surface area contributed by atoms with Crippen molar-refractivity contribution in [1.82, 2.24) is 10.3 Å². The number of hydrogen-bond acceptors (Lipinski definition) is 5. The Morgan fingerprint density at radius 1 is 1.00 bits per heavy atom. The topological polar surface area (TPSA) is 109 Å². The van der Waals surface area contributed by atoms with Crippen LogP contribution in [0.4, 0.5) is 5.69 Å². The number of aromatic amines is 1. The summed E-state index contributed by atoms with van der Waals surface area (Å²) >= 11 is 0. The second-order valence-electron chi connectivity index (χ2n) is 9.89. The molecule has 2 N–H and O–H groups in total. The van der Waals surface area contributed by atoms with Gasteiger partial charge < -0.3 is 19.9 Å². The molecule has 0 radical (unpaired) electrons. The highest BCUT2D eigenvalue weighted by Crippen LogP contribution is 2.26. The van der Waals surface area contributed by atoms with Gasteiger partial charge in [0.1, 0.15) is 11.8 Å². The van der Waals surface area contributed by atoms with Crippen LogP contribution in [0.5, 0.6) is 5.75 Å². The summed E-state index contributed by atoms with van der Waals surface area (Å²) in [6.45, 7) is 0. The van der Waals surface area contributed by atoms with Crippen LogP contribution in [-0.4, -0.2) is 51.2 Å². The van der Waals surface area contributed by atoms with Crippen LogP contribution in [0.3, 0.4) is 0 Å². The molecule has 9 heteroatoms. The Labute approximate surface area is 227 Å². The number of rotatable bonds is 3. The predicted molar refractivity (Wildman–Crippen MR) is 152 cm³/mol. The highest BCUT2D eigenvalue weighted by atomic mass is 32.2. The number of anilines is 1. The lowest BCUT2D eigenvalue weighted by molar-refractivity contribution is -0.127. The molecule has 1 aliphatic rings. The second kappa shape index (κ2) is 10.9. The SMILES string of the molecule is COc1ccc(N(C)C(=O)[C@@H]2Cc3cccc(c3)CCS(=O)(=O)Cc3[nH]c4ccccc4c3CC(=O)N2)cc1. The van der Waals surface area contributed by atoms with Gasteiger partial charge in [0.25, 0.3) is 0 Å². The summed E-state index contributed by atoms with van der Waals surface area (Å²) in [7, 11) is -0.182. The third kappa shape index (κ3) is 5.98. The zero-order valence-electron chi connectivity index (χ0n) is 21.9. The number of nitrogens with one attached hydrogen (secondary N) is 2. The van der Waals surface area contributed by atoms with E-state index in [4.69, 9.17) is 4.74 Å². The van der Waals surface area contributed by atoms with Crippen molar-refractivity contribution in [3.63, 3.8) is 0 Å². The number of amides is 2. The number of para-hydroxylation sites is 1. The Bertz CT molecular complexity index is 1630. The van der Waals surface area contributed by atoms with Gasteiger partial charge in [-0.15, -0.1) is 0 Å². The Hall–Kier alpha value is -4.11. The fraction of sp³-hybridized carbons (Fsp3) is 0.267. The number of hydrogen-bond donors (Lipinski definition) is 2. The molecule has 4 aromatic rings. The number of benzene rings is 3. The van der Waals surface area contributed by atoms with Crippen LogP contribution >= 0.6 is 0 Å². The average Bonchev–Trinajstić information content (AvgIpc) is 3.26. The summed E-state index contributed by atoms with van der Waals surface area (Å²) in [5, 5.41) is 3.75. The maximum Gasteiger partial charge on any atom is 0.249 e. The molecular weight excluding hydrogens is 514 g/mol. The molecule has 0 fully saturated rings. The highest BCUT2D eigenvalue weighted by molar-refractivity contribution is 7.90. The summed E-state index contributed by atoms with van der Waals surface area (Å²) in [4.78, 5) is 31.9. The first-order chi connectivity index (χ1) is 18.7. The van der Waals surface area contributed by atoms with Gasteiger partial charge in [0.2, 0.25) is 11.8 Å². The monoisotopic (exact) mass is 545 g/mol. The molecule has 1 aromatic heterocycles. The minimum atomic E-state index is -3.44. The van der Waals surface area contributed by atoms with E-state index >= 15 is 0 Å². The largest absolute Gasteiger partial charge is 0.497 e. The van der Waals surface area contributed by atoms with Crippen molar-refractivity contribution in [3.05, 3.63) is 95.2 Å². The number of aromatic nitrogens is 1. The van der Waals surface area contributed by atoms with Crippen molar-refractivity contribution in [2.45, 2.75) is 31.1 Å². The van der Waals surface area contributed by atoms with E-state index in [0.29, 0.717) is 29.1 Å². The molecule has 3 aromatic carbocycles.